The van der Waals surface area contributed by atoms with Crippen molar-refractivity contribution >= 4 is 21.4 Å². The van der Waals surface area contributed by atoms with Crippen LogP contribution in [0.1, 0.15) is 16.9 Å². The highest BCUT2D eigenvalue weighted by atomic mass is 32.2. The third-order valence-electron chi connectivity index (χ3n) is 5.30. The van der Waals surface area contributed by atoms with Crippen molar-refractivity contribution in [2.24, 2.45) is 5.41 Å². The smallest absolute Gasteiger partial charge is 0.406 e. The first-order valence-electron chi connectivity index (χ1n) is 9.23. The zero-order chi connectivity index (χ0) is 22.4. The lowest BCUT2D eigenvalue weighted by Gasteiger charge is -2.47. The largest absolute Gasteiger partial charge is 0.573 e. The second kappa shape index (κ2) is 7.38. The summed E-state index contributed by atoms with van der Waals surface area (Å²) in [5.41, 5.74) is 5.73. The van der Waals surface area contributed by atoms with Gasteiger partial charge in [-0.2, -0.15) is 0 Å². The lowest BCUT2D eigenvalue weighted by Crippen LogP contribution is -2.59. The Balaban J connectivity index is 1.51. The van der Waals surface area contributed by atoms with Crippen molar-refractivity contribution in [3.05, 3.63) is 42.2 Å². The van der Waals surface area contributed by atoms with Gasteiger partial charge >= 0.3 is 6.36 Å². The molecule has 166 valence electrons. The van der Waals surface area contributed by atoms with E-state index >= 15 is 0 Å². The van der Waals surface area contributed by atoms with Crippen LogP contribution in [-0.4, -0.2) is 56.9 Å². The van der Waals surface area contributed by atoms with Crippen LogP contribution in [0.5, 0.6) is 5.75 Å². The van der Waals surface area contributed by atoms with Gasteiger partial charge in [-0.1, -0.05) is 0 Å². The number of sulfone groups is 1. The molecule has 0 aliphatic carbocycles. The van der Waals surface area contributed by atoms with Crippen LogP contribution in [0, 0.1) is 5.41 Å². The Labute approximate surface area is 175 Å². The van der Waals surface area contributed by atoms with Crippen LogP contribution in [0.2, 0.25) is 0 Å². The zero-order valence-corrected chi connectivity index (χ0v) is 16.9. The molecule has 1 spiro atoms. The predicted molar refractivity (Wildman–Crippen MR) is 101 cm³/mol. The molecular formula is C19H18F3N3O5S. The lowest BCUT2D eigenvalue weighted by atomic mass is 9.79. The number of nitrogen functional groups attached to an aromatic ring is 1. The van der Waals surface area contributed by atoms with Crippen molar-refractivity contribution < 1.29 is 35.9 Å². The summed E-state index contributed by atoms with van der Waals surface area (Å²) in [6, 6.07) is 4.86. The monoisotopic (exact) mass is 457 g/mol. The Morgan fingerprint density at radius 1 is 1.19 bits per heavy atom. The first-order valence-corrected chi connectivity index (χ1v) is 10.7. The van der Waals surface area contributed by atoms with Crippen molar-refractivity contribution in [2.45, 2.75) is 22.6 Å². The summed E-state index contributed by atoms with van der Waals surface area (Å²) in [6.07, 6.45) is -3.00. The summed E-state index contributed by atoms with van der Waals surface area (Å²) < 4.78 is 71.4. The second-order valence-electron chi connectivity index (χ2n) is 7.60. The molecule has 2 aliphatic heterocycles. The van der Waals surface area contributed by atoms with Crippen LogP contribution in [0.25, 0.3) is 0 Å². The van der Waals surface area contributed by atoms with Crippen molar-refractivity contribution in [3.8, 4) is 5.75 Å². The molecule has 2 saturated heterocycles. The van der Waals surface area contributed by atoms with E-state index < -0.39 is 27.9 Å². The third-order valence-corrected chi connectivity index (χ3v) is 7.03. The van der Waals surface area contributed by atoms with Crippen LogP contribution in [0.4, 0.5) is 18.9 Å². The van der Waals surface area contributed by atoms with E-state index in [4.69, 9.17) is 10.5 Å². The number of likely N-dealkylation sites (tertiary alicyclic amines) is 1. The minimum absolute atomic E-state index is 0.0182. The summed E-state index contributed by atoms with van der Waals surface area (Å²) >= 11 is 0. The number of nitrogens with two attached hydrogens (primary N) is 1. The van der Waals surface area contributed by atoms with E-state index in [2.05, 4.69) is 9.72 Å². The highest BCUT2D eigenvalue weighted by Crippen LogP contribution is 2.39. The molecule has 0 atom stereocenters. The van der Waals surface area contributed by atoms with Crippen LogP contribution in [0.3, 0.4) is 0 Å². The number of amides is 1. The average molecular weight is 457 g/mol. The molecule has 1 amide bonds. The van der Waals surface area contributed by atoms with Gasteiger partial charge in [-0.3, -0.25) is 4.79 Å². The molecule has 0 saturated carbocycles. The highest BCUT2D eigenvalue weighted by Gasteiger charge is 2.48. The summed E-state index contributed by atoms with van der Waals surface area (Å²) in [6.45, 7) is 2.32. The van der Waals surface area contributed by atoms with E-state index in [0.29, 0.717) is 26.3 Å². The second-order valence-corrected chi connectivity index (χ2v) is 9.54. The van der Waals surface area contributed by atoms with Crippen molar-refractivity contribution in [1.29, 1.82) is 0 Å². The highest BCUT2D eigenvalue weighted by molar-refractivity contribution is 7.91. The van der Waals surface area contributed by atoms with E-state index in [1.807, 2.05) is 0 Å². The number of pyridine rings is 1. The van der Waals surface area contributed by atoms with Crippen molar-refractivity contribution in [2.75, 3.05) is 32.0 Å². The Morgan fingerprint density at radius 3 is 2.42 bits per heavy atom. The van der Waals surface area contributed by atoms with Gasteiger partial charge in [0.05, 0.1) is 22.1 Å². The molecule has 3 heterocycles. The lowest BCUT2D eigenvalue weighted by molar-refractivity contribution is -0.274. The molecule has 0 bridgehead atoms. The van der Waals surface area contributed by atoms with Gasteiger partial charge in [0.25, 0.3) is 5.91 Å². The molecular weight excluding hydrogens is 439 g/mol. The van der Waals surface area contributed by atoms with E-state index in [-0.39, 0.29) is 26.6 Å². The minimum Gasteiger partial charge on any atom is -0.406 e. The molecule has 2 aromatic rings. The van der Waals surface area contributed by atoms with E-state index in [9.17, 15) is 26.4 Å². The number of carbonyl (C=O) groups is 1. The third kappa shape index (κ3) is 4.17. The standard InChI is InChI=1S/C19H18F3N3O5S/c20-19(21,22)30-12-1-3-13(4-2-12)31(27,28)14-7-15(23)16(24-8-14)17(26)25-9-18(10-25)5-6-29-11-18/h1-4,7-8H,5-6,9-11,23H2. The number of rotatable bonds is 4. The normalized spacial score (nSPS) is 18.1. The maximum absolute atomic E-state index is 12.8. The Kier molecular flexibility index (Phi) is 5.09. The number of hydrogen-bond acceptors (Lipinski definition) is 7. The van der Waals surface area contributed by atoms with Gasteiger partial charge in [-0.05, 0) is 36.8 Å². The summed E-state index contributed by atoms with van der Waals surface area (Å²) in [5.74, 6) is -0.947. The SMILES string of the molecule is Nc1cc(S(=O)(=O)c2ccc(OC(F)(F)F)cc2)cnc1C(=O)N1CC2(CCOC2)C1. The molecule has 1 aromatic carbocycles. The topological polar surface area (TPSA) is 112 Å². The predicted octanol–water partition coefficient (Wildman–Crippen LogP) is 2.26. The van der Waals surface area contributed by atoms with E-state index in [0.717, 1.165) is 42.9 Å². The van der Waals surface area contributed by atoms with Gasteiger partial charge in [0.15, 0.2) is 5.69 Å². The molecule has 4 rings (SSSR count). The van der Waals surface area contributed by atoms with Gasteiger partial charge in [-0.25, -0.2) is 13.4 Å². The van der Waals surface area contributed by atoms with Crippen LogP contribution in [-0.2, 0) is 14.6 Å². The number of hydrogen-bond donors (Lipinski definition) is 1. The number of aromatic nitrogens is 1. The minimum atomic E-state index is -4.89. The first-order chi connectivity index (χ1) is 14.5. The molecule has 12 heteroatoms. The molecule has 2 N–H and O–H groups in total. The maximum Gasteiger partial charge on any atom is 0.573 e. The first kappa shape index (κ1) is 21.4. The summed E-state index contributed by atoms with van der Waals surface area (Å²) in [5, 5.41) is 0. The molecule has 0 unspecified atom stereocenters. The number of benzene rings is 1. The maximum atomic E-state index is 12.8. The van der Waals surface area contributed by atoms with Gasteiger partial charge in [0, 0.05) is 31.3 Å². The molecule has 31 heavy (non-hydrogen) atoms. The molecule has 8 nitrogen and oxygen atoms in total. The number of nitrogens with zero attached hydrogens (tertiary/aromatic N) is 2. The van der Waals surface area contributed by atoms with Crippen molar-refractivity contribution in [1.82, 2.24) is 9.88 Å². The van der Waals surface area contributed by atoms with Gasteiger partial charge in [0.2, 0.25) is 9.84 Å². The van der Waals surface area contributed by atoms with E-state index in [1.54, 1.807) is 4.90 Å². The fourth-order valence-electron chi connectivity index (χ4n) is 3.70. The molecule has 2 fully saturated rings. The quantitative estimate of drug-likeness (QED) is 0.750. The number of alkyl halides is 3. The Bertz CT molecular complexity index is 1110. The van der Waals surface area contributed by atoms with Crippen molar-refractivity contribution in [3.63, 3.8) is 0 Å². The zero-order valence-electron chi connectivity index (χ0n) is 16.1. The number of carbonyl (C=O) groups excluding carboxylic acids is 1. The fourth-order valence-corrected chi connectivity index (χ4v) is 4.94. The number of halogens is 3. The number of anilines is 1. The van der Waals surface area contributed by atoms with Gasteiger partial charge < -0.3 is 20.1 Å². The molecule has 2 aliphatic rings. The summed E-state index contributed by atoms with van der Waals surface area (Å²) in [4.78, 5) is 17.6. The Morgan fingerprint density at radius 2 is 1.87 bits per heavy atom. The van der Waals surface area contributed by atoms with Gasteiger partial charge in [0.1, 0.15) is 5.75 Å². The van der Waals surface area contributed by atoms with Crippen LogP contribution >= 0.6 is 0 Å². The molecule has 1 aromatic heterocycles. The molecule has 0 radical (unpaired) electrons. The fraction of sp³-hybridized carbons (Fsp3) is 0.368. The Hall–Kier alpha value is -2.86. The van der Waals surface area contributed by atoms with E-state index in [1.165, 1.54) is 0 Å². The summed E-state index contributed by atoms with van der Waals surface area (Å²) in [7, 11) is -4.12. The van der Waals surface area contributed by atoms with Crippen LogP contribution < -0.4 is 10.5 Å². The van der Waals surface area contributed by atoms with Crippen LogP contribution in [0.15, 0.2) is 46.3 Å². The average Bonchev–Trinajstić information content (AvgIpc) is 3.16. The number of ether oxygens (including phenoxy) is 2. The van der Waals surface area contributed by atoms with Gasteiger partial charge in [-0.15, -0.1) is 13.2 Å².